The highest BCUT2D eigenvalue weighted by atomic mass is 79.9. The van der Waals surface area contributed by atoms with Crippen molar-refractivity contribution in [1.82, 2.24) is 9.38 Å². The standard InChI is InChI=1S/C15H14BrN3O2/c1-20-11-6-5-9(8-10(11)16)13-14(17)19-7-3-4-12(21-2)15(19)18-13/h3-8H,17H2,1-2H3. The number of rotatable bonds is 3. The molecule has 6 heteroatoms. The van der Waals surface area contributed by atoms with Crippen LogP contribution >= 0.6 is 15.9 Å². The Morgan fingerprint density at radius 1 is 1.14 bits per heavy atom. The monoisotopic (exact) mass is 347 g/mol. The van der Waals surface area contributed by atoms with Gasteiger partial charge in [-0.15, -0.1) is 0 Å². The summed E-state index contributed by atoms with van der Waals surface area (Å²) in [5.41, 5.74) is 8.53. The molecule has 21 heavy (non-hydrogen) atoms. The first-order chi connectivity index (χ1) is 10.2. The average Bonchev–Trinajstić information content (AvgIpc) is 2.84. The summed E-state index contributed by atoms with van der Waals surface area (Å²) in [6, 6.07) is 9.46. The summed E-state index contributed by atoms with van der Waals surface area (Å²) in [4.78, 5) is 4.60. The normalized spacial score (nSPS) is 10.8. The van der Waals surface area contributed by atoms with Crippen LogP contribution in [-0.2, 0) is 0 Å². The molecule has 0 saturated carbocycles. The molecule has 0 aliphatic carbocycles. The van der Waals surface area contributed by atoms with Gasteiger partial charge in [0.1, 0.15) is 17.3 Å². The first-order valence-corrected chi connectivity index (χ1v) is 7.09. The quantitative estimate of drug-likeness (QED) is 0.788. The highest BCUT2D eigenvalue weighted by molar-refractivity contribution is 9.10. The summed E-state index contributed by atoms with van der Waals surface area (Å²) >= 11 is 3.48. The zero-order valence-corrected chi connectivity index (χ0v) is 13.2. The first kappa shape index (κ1) is 13.8. The van der Waals surface area contributed by atoms with Crippen LogP contribution in [-0.4, -0.2) is 23.6 Å². The molecule has 0 aliphatic rings. The van der Waals surface area contributed by atoms with Crippen molar-refractivity contribution in [1.29, 1.82) is 0 Å². The summed E-state index contributed by atoms with van der Waals surface area (Å²) in [5, 5.41) is 0. The number of nitrogens with two attached hydrogens (primary N) is 1. The van der Waals surface area contributed by atoms with E-state index in [2.05, 4.69) is 20.9 Å². The van der Waals surface area contributed by atoms with Crippen LogP contribution in [0.25, 0.3) is 16.9 Å². The lowest BCUT2D eigenvalue weighted by molar-refractivity contribution is 0.412. The number of methoxy groups -OCH3 is 2. The van der Waals surface area contributed by atoms with Gasteiger partial charge in [0, 0.05) is 11.8 Å². The second kappa shape index (κ2) is 5.29. The van der Waals surface area contributed by atoms with E-state index in [0.717, 1.165) is 15.8 Å². The van der Waals surface area contributed by atoms with Gasteiger partial charge in [-0.1, -0.05) is 0 Å². The van der Waals surface area contributed by atoms with Crippen molar-refractivity contribution in [2.45, 2.75) is 0 Å². The largest absolute Gasteiger partial charge is 0.496 e. The van der Waals surface area contributed by atoms with Crippen molar-refractivity contribution >= 4 is 27.4 Å². The van der Waals surface area contributed by atoms with Crippen LogP contribution in [0.15, 0.2) is 41.0 Å². The molecule has 0 unspecified atom stereocenters. The van der Waals surface area contributed by atoms with Gasteiger partial charge in [-0.2, -0.15) is 0 Å². The van der Waals surface area contributed by atoms with Crippen LogP contribution in [0.2, 0.25) is 0 Å². The number of aromatic nitrogens is 2. The van der Waals surface area contributed by atoms with Crippen molar-refractivity contribution in [3.63, 3.8) is 0 Å². The van der Waals surface area contributed by atoms with E-state index in [4.69, 9.17) is 15.2 Å². The van der Waals surface area contributed by atoms with Crippen LogP contribution in [0.1, 0.15) is 0 Å². The molecule has 2 aromatic heterocycles. The minimum atomic E-state index is 0.570. The number of nitrogens with zero attached hydrogens (tertiary/aromatic N) is 2. The molecule has 0 bridgehead atoms. The number of benzene rings is 1. The van der Waals surface area contributed by atoms with Crippen molar-refractivity contribution in [3.05, 3.63) is 41.0 Å². The molecular weight excluding hydrogens is 334 g/mol. The molecule has 0 fully saturated rings. The van der Waals surface area contributed by atoms with E-state index in [9.17, 15) is 0 Å². The van der Waals surface area contributed by atoms with Crippen molar-refractivity contribution in [3.8, 4) is 22.8 Å². The minimum absolute atomic E-state index is 0.570. The number of hydrogen-bond donors (Lipinski definition) is 1. The third-order valence-corrected chi connectivity index (χ3v) is 3.92. The SMILES string of the molecule is COc1ccc(-c2nc3c(OC)cccn3c2N)cc1Br. The van der Waals surface area contributed by atoms with Crippen molar-refractivity contribution in [2.75, 3.05) is 20.0 Å². The minimum Gasteiger partial charge on any atom is -0.496 e. The molecule has 3 aromatic rings. The van der Waals surface area contributed by atoms with Crippen molar-refractivity contribution < 1.29 is 9.47 Å². The van der Waals surface area contributed by atoms with Crippen LogP contribution in [0.3, 0.4) is 0 Å². The van der Waals surface area contributed by atoms with E-state index in [0.29, 0.717) is 22.9 Å². The molecule has 108 valence electrons. The Labute approximate surface area is 130 Å². The molecule has 0 radical (unpaired) electrons. The summed E-state index contributed by atoms with van der Waals surface area (Å²) in [5.74, 6) is 2.02. The van der Waals surface area contributed by atoms with Crippen LogP contribution in [0.5, 0.6) is 11.5 Å². The molecule has 0 spiro atoms. The number of imidazole rings is 1. The number of halogens is 1. The number of pyridine rings is 1. The van der Waals surface area contributed by atoms with Gasteiger partial charge in [0.2, 0.25) is 0 Å². The maximum absolute atomic E-state index is 6.21. The maximum Gasteiger partial charge on any atom is 0.181 e. The predicted molar refractivity (Wildman–Crippen MR) is 85.8 cm³/mol. The third-order valence-electron chi connectivity index (χ3n) is 3.30. The Morgan fingerprint density at radius 2 is 1.90 bits per heavy atom. The number of nitrogen functional groups attached to an aromatic ring is 1. The Hall–Kier alpha value is -2.21. The summed E-state index contributed by atoms with van der Waals surface area (Å²) in [6.45, 7) is 0. The van der Waals surface area contributed by atoms with E-state index < -0.39 is 0 Å². The highest BCUT2D eigenvalue weighted by Crippen LogP contribution is 2.34. The molecule has 5 nitrogen and oxygen atoms in total. The van der Waals surface area contributed by atoms with E-state index in [-0.39, 0.29) is 0 Å². The van der Waals surface area contributed by atoms with E-state index >= 15 is 0 Å². The summed E-state index contributed by atoms with van der Waals surface area (Å²) in [6.07, 6.45) is 1.86. The summed E-state index contributed by atoms with van der Waals surface area (Å²) < 4.78 is 13.2. The van der Waals surface area contributed by atoms with Crippen LogP contribution < -0.4 is 15.2 Å². The lowest BCUT2D eigenvalue weighted by Gasteiger charge is -2.05. The predicted octanol–water partition coefficient (Wildman–Crippen LogP) is 3.36. The van der Waals surface area contributed by atoms with Gasteiger partial charge in [-0.25, -0.2) is 4.98 Å². The average molecular weight is 348 g/mol. The number of fused-ring (bicyclic) bond motifs is 1. The lowest BCUT2D eigenvalue weighted by atomic mass is 10.1. The molecule has 1 aromatic carbocycles. The number of anilines is 1. The van der Waals surface area contributed by atoms with Gasteiger partial charge in [0.25, 0.3) is 0 Å². The summed E-state index contributed by atoms with van der Waals surface area (Å²) in [7, 11) is 3.24. The van der Waals surface area contributed by atoms with Gasteiger partial charge in [0.15, 0.2) is 11.4 Å². The van der Waals surface area contributed by atoms with Crippen LogP contribution in [0.4, 0.5) is 5.82 Å². The number of hydrogen-bond acceptors (Lipinski definition) is 4. The molecule has 2 N–H and O–H groups in total. The van der Waals surface area contributed by atoms with Crippen molar-refractivity contribution in [2.24, 2.45) is 0 Å². The van der Waals surface area contributed by atoms with E-state index in [1.54, 1.807) is 14.2 Å². The second-order valence-electron chi connectivity index (χ2n) is 4.47. The molecule has 0 amide bonds. The first-order valence-electron chi connectivity index (χ1n) is 6.30. The van der Waals surface area contributed by atoms with Gasteiger partial charge < -0.3 is 15.2 Å². The zero-order valence-electron chi connectivity index (χ0n) is 11.6. The van der Waals surface area contributed by atoms with Gasteiger partial charge in [0.05, 0.1) is 18.7 Å². The third kappa shape index (κ3) is 2.21. The maximum atomic E-state index is 6.21. The van der Waals surface area contributed by atoms with Gasteiger partial charge in [-0.05, 0) is 46.3 Å². The fourth-order valence-electron chi connectivity index (χ4n) is 2.25. The topological polar surface area (TPSA) is 61.8 Å². The fraction of sp³-hybridized carbons (Fsp3) is 0.133. The van der Waals surface area contributed by atoms with Gasteiger partial charge >= 0.3 is 0 Å². The zero-order chi connectivity index (χ0) is 15.0. The molecule has 0 saturated heterocycles. The highest BCUT2D eigenvalue weighted by Gasteiger charge is 2.15. The molecule has 3 rings (SSSR count). The Morgan fingerprint density at radius 3 is 2.57 bits per heavy atom. The fourth-order valence-corrected chi connectivity index (χ4v) is 2.79. The number of ether oxygens (including phenoxy) is 2. The van der Waals surface area contributed by atoms with E-state index in [1.165, 1.54) is 0 Å². The second-order valence-corrected chi connectivity index (χ2v) is 5.32. The Balaban J connectivity index is 2.21. The van der Waals surface area contributed by atoms with Crippen LogP contribution in [0, 0.1) is 0 Å². The Kier molecular flexibility index (Phi) is 3.47. The lowest BCUT2D eigenvalue weighted by Crippen LogP contribution is -1.95. The smallest absolute Gasteiger partial charge is 0.181 e. The van der Waals surface area contributed by atoms with E-state index in [1.807, 2.05) is 40.9 Å². The Bertz CT molecular complexity index is 814. The molecule has 2 heterocycles. The molecule has 0 aliphatic heterocycles. The van der Waals surface area contributed by atoms with Gasteiger partial charge in [-0.3, -0.25) is 4.40 Å². The molecule has 0 atom stereocenters. The molecular formula is C15H14BrN3O2.